The molecule has 90 valence electrons. The van der Waals surface area contributed by atoms with Crippen LogP contribution in [-0.4, -0.2) is 11.7 Å². The predicted molar refractivity (Wildman–Crippen MR) is 69.1 cm³/mol. The Balaban J connectivity index is 2.13. The van der Waals surface area contributed by atoms with Gasteiger partial charge in [0.1, 0.15) is 11.9 Å². The monoisotopic (exact) mass is 249 g/mol. The molecule has 0 saturated heterocycles. The lowest BCUT2D eigenvalue weighted by atomic mass is 10.2. The normalized spacial score (nSPS) is 12.4. The maximum atomic E-state index is 9.06. The Morgan fingerprint density at radius 3 is 2.88 bits per heavy atom. The number of aliphatic hydroxyl groups is 1. The van der Waals surface area contributed by atoms with Crippen molar-refractivity contribution in [3.63, 3.8) is 0 Å². The molecule has 0 aliphatic carbocycles. The minimum absolute atomic E-state index is 0.0168. The number of hydrogen-bond donors (Lipinski definition) is 2. The van der Waals surface area contributed by atoms with Crippen LogP contribution in [0.2, 0.25) is 0 Å². The maximum absolute atomic E-state index is 9.06. The van der Waals surface area contributed by atoms with Gasteiger partial charge in [-0.1, -0.05) is 12.1 Å². The molecule has 0 bridgehead atoms. The van der Waals surface area contributed by atoms with Gasteiger partial charge in [0, 0.05) is 12.1 Å². The SMILES string of the molecule is NCC(Oc1cccc(CO)c1)c1ccsc1. The Labute approximate surface area is 104 Å². The van der Waals surface area contributed by atoms with Gasteiger partial charge >= 0.3 is 0 Å². The molecule has 0 spiro atoms. The summed E-state index contributed by atoms with van der Waals surface area (Å²) in [6, 6.07) is 9.43. The number of aliphatic hydroxyl groups excluding tert-OH is 1. The van der Waals surface area contributed by atoms with Gasteiger partial charge in [-0.25, -0.2) is 0 Å². The quantitative estimate of drug-likeness (QED) is 0.855. The summed E-state index contributed by atoms with van der Waals surface area (Å²) >= 11 is 1.63. The molecule has 17 heavy (non-hydrogen) atoms. The maximum Gasteiger partial charge on any atom is 0.137 e. The Kier molecular flexibility index (Phi) is 4.14. The summed E-state index contributed by atoms with van der Waals surface area (Å²) in [5.74, 6) is 0.734. The van der Waals surface area contributed by atoms with Crippen molar-refractivity contribution < 1.29 is 9.84 Å². The summed E-state index contributed by atoms with van der Waals surface area (Å²) in [6.45, 7) is 0.447. The van der Waals surface area contributed by atoms with E-state index in [1.54, 1.807) is 11.3 Å². The van der Waals surface area contributed by atoms with Gasteiger partial charge in [0.15, 0.2) is 0 Å². The zero-order valence-corrected chi connectivity index (χ0v) is 10.2. The standard InChI is InChI=1S/C13H15NO2S/c14-7-13(11-4-5-17-9-11)16-12-3-1-2-10(6-12)8-15/h1-6,9,13,15H,7-8,14H2. The van der Waals surface area contributed by atoms with Gasteiger partial charge in [-0.3, -0.25) is 0 Å². The van der Waals surface area contributed by atoms with E-state index in [0.29, 0.717) is 6.54 Å². The van der Waals surface area contributed by atoms with Crippen LogP contribution in [0.1, 0.15) is 17.2 Å². The molecule has 0 aliphatic heterocycles. The highest BCUT2D eigenvalue weighted by molar-refractivity contribution is 7.07. The molecule has 0 aliphatic rings. The number of nitrogens with two attached hydrogens (primary N) is 1. The molecule has 0 amide bonds. The van der Waals surface area contributed by atoms with Crippen LogP contribution in [0.15, 0.2) is 41.1 Å². The zero-order chi connectivity index (χ0) is 12.1. The van der Waals surface area contributed by atoms with Crippen molar-refractivity contribution in [3.8, 4) is 5.75 Å². The van der Waals surface area contributed by atoms with Gasteiger partial charge in [0.2, 0.25) is 0 Å². The first-order valence-corrected chi connectivity index (χ1v) is 6.36. The summed E-state index contributed by atoms with van der Waals surface area (Å²) in [5.41, 5.74) is 7.64. The smallest absolute Gasteiger partial charge is 0.137 e. The number of benzene rings is 1. The van der Waals surface area contributed by atoms with Crippen molar-refractivity contribution in [1.82, 2.24) is 0 Å². The molecule has 1 aromatic heterocycles. The van der Waals surface area contributed by atoms with E-state index in [1.807, 2.05) is 41.1 Å². The van der Waals surface area contributed by atoms with Crippen molar-refractivity contribution in [1.29, 1.82) is 0 Å². The van der Waals surface area contributed by atoms with E-state index >= 15 is 0 Å². The summed E-state index contributed by atoms with van der Waals surface area (Å²) in [6.07, 6.45) is -0.129. The predicted octanol–water partition coefficient (Wildman–Crippen LogP) is 2.32. The topological polar surface area (TPSA) is 55.5 Å². The van der Waals surface area contributed by atoms with Gasteiger partial charge in [-0.05, 0) is 34.5 Å². The van der Waals surface area contributed by atoms with Gasteiger partial charge in [-0.2, -0.15) is 11.3 Å². The molecule has 1 aromatic carbocycles. The molecule has 0 saturated carbocycles. The van der Waals surface area contributed by atoms with Crippen molar-refractivity contribution in [2.45, 2.75) is 12.7 Å². The van der Waals surface area contributed by atoms with Crippen molar-refractivity contribution in [2.24, 2.45) is 5.73 Å². The second kappa shape index (κ2) is 5.82. The summed E-state index contributed by atoms with van der Waals surface area (Å²) < 4.78 is 5.82. The molecule has 3 nitrogen and oxygen atoms in total. The third-order valence-electron chi connectivity index (χ3n) is 2.49. The minimum atomic E-state index is -0.129. The Morgan fingerprint density at radius 1 is 1.35 bits per heavy atom. The fourth-order valence-electron chi connectivity index (χ4n) is 1.59. The molecule has 0 fully saturated rings. The molecular weight excluding hydrogens is 234 g/mol. The fraction of sp³-hybridized carbons (Fsp3) is 0.231. The molecule has 2 rings (SSSR count). The Hall–Kier alpha value is -1.36. The van der Waals surface area contributed by atoms with E-state index in [2.05, 4.69) is 0 Å². The van der Waals surface area contributed by atoms with Crippen LogP contribution >= 0.6 is 11.3 Å². The number of hydrogen-bond acceptors (Lipinski definition) is 4. The lowest BCUT2D eigenvalue weighted by molar-refractivity contribution is 0.213. The van der Waals surface area contributed by atoms with E-state index in [1.165, 1.54) is 0 Å². The zero-order valence-electron chi connectivity index (χ0n) is 9.37. The van der Waals surface area contributed by atoms with Gasteiger partial charge in [0.05, 0.1) is 6.61 Å². The average molecular weight is 249 g/mol. The van der Waals surface area contributed by atoms with E-state index in [-0.39, 0.29) is 12.7 Å². The largest absolute Gasteiger partial charge is 0.484 e. The number of thiophene rings is 1. The highest BCUT2D eigenvalue weighted by Crippen LogP contribution is 2.23. The number of rotatable bonds is 5. The van der Waals surface area contributed by atoms with Crippen LogP contribution in [-0.2, 0) is 6.61 Å². The van der Waals surface area contributed by atoms with E-state index in [0.717, 1.165) is 16.9 Å². The van der Waals surface area contributed by atoms with Gasteiger partial charge < -0.3 is 15.6 Å². The molecule has 0 radical (unpaired) electrons. The Morgan fingerprint density at radius 2 is 2.24 bits per heavy atom. The van der Waals surface area contributed by atoms with E-state index in [4.69, 9.17) is 15.6 Å². The molecular formula is C13H15NO2S. The third kappa shape index (κ3) is 3.06. The van der Waals surface area contributed by atoms with E-state index in [9.17, 15) is 0 Å². The van der Waals surface area contributed by atoms with Crippen LogP contribution in [0, 0.1) is 0 Å². The van der Waals surface area contributed by atoms with Crippen molar-refractivity contribution in [3.05, 3.63) is 52.2 Å². The number of ether oxygens (including phenoxy) is 1. The highest BCUT2D eigenvalue weighted by Gasteiger charge is 2.11. The van der Waals surface area contributed by atoms with Gasteiger partial charge in [-0.15, -0.1) is 0 Å². The van der Waals surface area contributed by atoms with Crippen LogP contribution in [0.25, 0.3) is 0 Å². The molecule has 3 N–H and O–H groups in total. The third-order valence-corrected chi connectivity index (χ3v) is 3.19. The van der Waals surface area contributed by atoms with Crippen LogP contribution in [0.3, 0.4) is 0 Å². The summed E-state index contributed by atoms with van der Waals surface area (Å²) in [7, 11) is 0. The molecule has 2 aromatic rings. The second-order valence-electron chi connectivity index (χ2n) is 3.70. The van der Waals surface area contributed by atoms with Gasteiger partial charge in [0.25, 0.3) is 0 Å². The molecule has 1 unspecified atom stereocenters. The summed E-state index contributed by atoms with van der Waals surface area (Å²) in [4.78, 5) is 0. The van der Waals surface area contributed by atoms with Crippen LogP contribution in [0.5, 0.6) is 5.75 Å². The highest BCUT2D eigenvalue weighted by atomic mass is 32.1. The molecule has 4 heteroatoms. The molecule has 1 atom stereocenters. The average Bonchev–Trinajstić information content (AvgIpc) is 2.90. The lowest BCUT2D eigenvalue weighted by Crippen LogP contribution is -2.17. The van der Waals surface area contributed by atoms with Crippen LogP contribution < -0.4 is 10.5 Å². The first-order valence-electron chi connectivity index (χ1n) is 5.42. The minimum Gasteiger partial charge on any atom is -0.484 e. The Bertz CT molecular complexity index is 456. The molecule has 1 heterocycles. The van der Waals surface area contributed by atoms with Crippen molar-refractivity contribution >= 4 is 11.3 Å². The lowest BCUT2D eigenvalue weighted by Gasteiger charge is -2.16. The first kappa shape index (κ1) is 12.1. The van der Waals surface area contributed by atoms with Crippen molar-refractivity contribution in [2.75, 3.05) is 6.54 Å². The van der Waals surface area contributed by atoms with E-state index < -0.39 is 0 Å². The first-order chi connectivity index (χ1) is 8.33. The van der Waals surface area contributed by atoms with Crippen LogP contribution in [0.4, 0.5) is 0 Å². The fourth-order valence-corrected chi connectivity index (χ4v) is 2.29. The summed E-state index contributed by atoms with van der Waals surface area (Å²) in [5, 5.41) is 13.1. The second-order valence-corrected chi connectivity index (χ2v) is 4.48.